The van der Waals surface area contributed by atoms with Crippen LogP contribution in [0.2, 0.25) is 0 Å². The summed E-state index contributed by atoms with van der Waals surface area (Å²) in [5.41, 5.74) is 0.579. The summed E-state index contributed by atoms with van der Waals surface area (Å²) in [5, 5.41) is 14.5. The summed E-state index contributed by atoms with van der Waals surface area (Å²) in [6.07, 6.45) is 0. The van der Waals surface area contributed by atoms with E-state index in [-0.39, 0.29) is 41.9 Å². The summed E-state index contributed by atoms with van der Waals surface area (Å²) >= 11 is 0. The molecule has 10 nitrogen and oxygen atoms in total. The van der Waals surface area contributed by atoms with Crippen molar-refractivity contribution in [3.05, 3.63) is 58.4 Å². The highest BCUT2D eigenvalue weighted by atomic mass is 32.2. The van der Waals surface area contributed by atoms with E-state index in [0.29, 0.717) is 37.6 Å². The van der Waals surface area contributed by atoms with E-state index in [9.17, 15) is 27.7 Å². The lowest BCUT2D eigenvalue weighted by Crippen LogP contribution is -2.48. The molecule has 0 spiro atoms. The lowest BCUT2D eigenvalue weighted by molar-refractivity contribution is -0.384. The van der Waals surface area contributed by atoms with Crippen LogP contribution in [-0.4, -0.2) is 74.3 Å². The molecule has 1 amide bonds. The smallest absolute Gasteiger partial charge is 0.293 e. The average molecular weight is 494 g/mol. The summed E-state index contributed by atoms with van der Waals surface area (Å²) in [5.74, 6) is -0.626. The number of nitrogens with one attached hydrogen (secondary N) is 1. The van der Waals surface area contributed by atoms with Gasteiger partial charge >= 0.3 is 0 Å². The molecule has 2 aromatic rings. The minimum Gasteiger partial charge on any atom is -0.363 e. The van der Waals surface area contributed by atoms with Gasteiger partial charge in [0.15, 0.2) is 0 Å². The number of hydrogen-bond acceptors (Lipinski definition) is 7. The van der Waals surface area contributed by atoms with Crippen molar-refractivity contribution in [3.63, 3.8) is 0 Å². The van der Waals surface area contributed by atoms with E-state index in [1.54, 1.807) is 13.8 Å². The molecule has 0 aliphatic carbocycles. The van der Waals surface area contributed by atoms with Gasteiger partial charge in [-0.05, 0) is 36.4 Å². The topological polar surface area (TPSA) is 116 Å². The van der Waals surface area contributed by atoms with E-state index >= 15 is 0 Å². The number of anilines is 2. The summed E-state index contributed by atoms with van der Waals surface area (Å²) in [6.45, 7) is 5.96. The van der Waals surface area contributed by atoms with Crippen molar-refractivity contribution in [2.24, 2.45) is 0 Å². The van der Waals surface area contributed by atoms with Gasteiger partial charge < -0.3 is 10.2 Å². The van der Waals surface area contributed by atoms with Crippen LogP contribution in [0.1, 0.15) is 13.8 Å². The number of amides is 1. The largest absolute Gasteiger partial charge is 0.363 e. The number of sulfonamides is 1. The van der Waals surface area contributed by atoms with Gasteiger partial charge in [-0.1, -0.05) is 13.8 Å². The van der Waals surface area contributed by atoms with Gasteiger partial charge in [0.05, 0.1) is 16.4 Å². The zero-order chi connectivity index (χ0) is 24.9. The maximum atomic E-state index is 13.0. The zero-order valence-corrected chi connectivity index (χ0v) is 19.9. The summed E-state index contributed by atoms with van der Waals surface area (Å²) < 4.78 is 39.8. The predicted octanol–water partition coefficient (Wildman–Crippen LogP) is 2.53. The Kier molecular flexibility index (Phi) is 8.18. The first-order valence-corrected chi connectivity index (χ1v) is 12.4. The molecule has 0 radical (unpaired) electrons. The van der Waals surface area contributed by atoms with Gasteiger partial charge in [0.25, 0.3) is 5.69 Å². The third-order valence-corrected chi connectivity index (χ3v) is 7.74. The lowest BCUT2D eigenvalue weighted by atomic mass is 10.2. The van der Waals surface area contributed by atoms with E-state index in [1.165, 1.54) is 40.7 Å². The maximum absolute atomic E-state index is 13.0. The molecular formula is C22H28FN5O5S. The van der Waals surface area contributed by atoms with Gasteiger partial charge in [-0.3, -0.25) is 19.8 Å². The van der Waals surface area contributed by atoms with Crippen LogP contribution >= 0.6 is 0 Å². The Balaban J connectivity index is 1.66. The van der Waals surface area contributed by atoms with Crippen LogP contribution in [0.25, 0.3) is 0 Å². The second-order valence-corrected chi connectivity index (χ2v) is 9.75. The van der Waals surface area contributed by atoms with Crippen LogP contribution in [0.4, 0.5) is 21.5 Å². The molecule has 1 heterocycles. The molecule has 0 atom stereocenters. The Morgan fingerprint density at radius 1 is 1.09 bits per heavy atom. The fourth-order valence-electron chi connectivity index (χ4n) is 3.87. The number of carbonyl (C=O) groups excluding carboxylic acids is 1. The highest BCUT2D eigenvalue weighted by molar-refractivity contribution is 7.89. The number of carbonyl (C=O) groups is 1. The first kappa shape index (κ1) is 25.5. The fraction of sp³-hybridized carbons (Fsp3) is 0.409. The van der Waals surface area contributed by atoms with E-state index in [4.69, 9.17) is 0 Å². The molecule has 1 saturated heterocycles. The molecule has 0 saturated carbocycles. The molecule has 0 unspecified atom stereocenters. The Bertz CT molecular complexity index is 1130. The first-order valence-electron chi connectivity index (χ1n) is 11.0. The number of hydrogen-bond donors (Lipinski definition) is 1. The SMILES string of the molecule is CCN(CC)S(=O)(=O)c1ccc(N2CCN(CC(=O)Nc3ccc(F)cc3)CC2)c([N+](=O)[O-])c1. The molecule has 3 rings (SSSR count). The highest BCUT2D eigenvalue weighted by Crippen LogP contribution is 2.32. The van der Waals surface area contributed by atoms with Crippen LogP contribution in [-0.2, 0) is 14.8 Å². The molecule has 1 fully saturated rings. The predicted molar refractivity (Wildman–Crippen MR) is 127 cm³/mol. The minimum atomic E-state index is -3.82. The van der Waals surface area contributed by atoms with Crippen LogP contribution in [0, 0.1) is 15.9 Å². The molecule has 34 heavy (non-hydrogen) atoms. The van der Waals surface area contributed by atoms with Crippen molar-refractivity contribution in [2.75, 3.05) is 56.0 Å². The highest BCUT2D eigenvalue weighted by Gasteiger charge is 2.29. The molecule has 0 aromatic heterocycles. The zero-order valence-electron chi connectivity index (χ0n) is 19.1. The number of rotatable bonds is 9. The molecule has 1 aliphatic heterocycles. The molecule has 2 aromatic carbocycles. The number of nitrogens with zero attached hydrogens (tertiary/aromatic N) is 4. The minimum absolute atomic E-state index is 0.109. The number of halogens is 1. The first-order chi connectivity index (χ1) is 16.1. The number of benzene rings is 2. The van der Waals surface area contributed by atoms with Crippen molar-refractivity contribution in [2.45, 2.75) is 18.7 Å². The maximum Gasteiger partial charge on any atom is 0.293 e. The Hall–Kier alpha value is -3.09. The molecule has 12 heteroatoms. The van der Waals surface area contributed by atoms with E-state index in [0.717, 1.165) is 6.07 Å². The molecule has 1 N–H and O–H groups in total. The summed E-state index contributed by atoms with van der Waals surface area (Å²) in [7, 11) is -3.82. The van der Waals surface area contributed by atoms with Crippen molar-refractivity contribution < 1.29 is 22.5 Å². The van der Waals surface area contributed by atoms with Crippen LogP contribution in [0.5, 0.6) is 0 Å². The van der Waals surface area contributed by atoms with Crippen molar-refractivity contribution in [1.82, 2.24) is 9.21 Å². The van der Waals surface area contributed by atoms with E-state index in [2.05, 4.69) is 5.32 Å². The second kappa shape index (κ2) is 10.9. The fourth-order valence-corrected chi connectivity index (χ4v) is 5.35. The van der Waals surface area contributed by atoms with Crippen molar-refractivity contribution in [3.8, 4) is 0 Å². The van der Waals surface area contributed by atoms with Crippen LogP contribution in [0.3, 0.4) is 0 Å². The number of nitro groups is 1. The van der Waals surface area contributed by atoms with E-state index < -0.39 is 14.9 Å². The quantitative estimate of drug-likeness (QED) is 0.421. The van der Waals surface area contributed by atoms with Gasteiger partial charge in [0, 0.05) is 51.0 Å². The third-order valence-electron chi connectivity index (χ3n) is 5.69. The number of nitro benzene ring substituents is 1. The normalized spacial score (nSPS) is 14.9. The molecular weight excluding hydrogens is 465 g/mol. The van der Waals surface area contributed by atoms with Gasteiger partial charge in [0.1, 0.15) is 11.5 Å². The third kappa shape index (κ3) is 5.88. The van der Waals surface area contributed by atoms with Gasteiger partial charge in [-0.15, -0.1) is 0 Å². The molecule has 0 bridgehead atoms. The van der Waals surface area contributed by atoms with E-state index in [1.807, 2.05) is 9.80 Å². The number of piperazine rings is 1. The van der Waals surface area contributed by atoms with Gasteiger partial charge in [0.2, 0.25) is 15.9 Å². The molecule has 184 valence electrons. The summed E-state index contributed by atoms with van der Waals surface area (Å²) in [4.78, 5) is 27.1. The van der Waals surface area contributed by atoms with Crippen molar-refractivity contribution >= 4 is 33.0 Å². The standard InChI is InChI=1S/C22H28FN5O5S/c1-3-27(4-2)34(32,33)19-9-10-20(21(15-19)28(30)31)26-13-11-25(12-14-26)16-22(29)24-18-7-5-17(23)6-8-18/h5-10,15H,3-4,11-14,16H2,1-2H3,(H,24,29). The summed E-state index contributed by atoms with van der Waals surface area (Å²) in [6, 6.07) is 9.48. The van der Waals surface area contributed by atoms with Gasteiger partial charge in [-0.25, -0.2) is 12.8 Å². The Morgan fingerprint density at radius 3 is 2.26 bits per heavy atom. The van der Waals surface area contributed by atoms with Crippen LogP contribution in [0.15, 0.2) is 47.4 Å². The van der Waals surface area contributed by atoms with Crippen LogP contribution < -0.4 is 10.2 Å². The van der Waals surface area contributed by atoms with Crippen molar-refractivity contribution in [1.29, 1.82) is 0 Å². The average Bonchev–Trinajstić information content (AvgIpc) is 2.81. The Labute approximate surface area is 198 Å². The van der Waals surface area contributed by atoms with Gasteiger partial charge in [-0.2, -0.15) is 4.31 Å². The monoisotopic (exact) mass is 493 g/mol. The second-order valence-electron chi connectivity index (χ2n) is 7.82. The lowest BCUT2D eigenvalue weighted by Gasteiger charge is -2.35. The molecule has 1 aliphatic rings. The Morgan fingerprint density at radius 2 is 1.71 bits per heavy atom.